The molecule has 0 fully saturated rings. The molecule has 0 amide bonds. The highest BCUT2D eigenvalue weighted by atomic mass is 32.1. The Morgan fingerprint density at radius 3 is 2.36 bits per heavy atom. The second kappa shape index (κ2) is 14.9. The number of thiophene rings is 1. The number of rotatable bonds is 9. The van der Waals surface area contributed by atoms with Crippen LogP contribution in [0.25, 0.3) is 42.4 Å². The Balaban J connectivity index is 0.936. The van der Waals surface area contributed by atoms with Crippen LogP contribution in [0.15, 0.2) is 193 Å². The Bertz CT molecular complexity index is 2710. The SMILES string of the molecule is CC1C=CC=C(/C=N/C(NCc2cccc(N3c4ccc(-c5ccc6sc7ccccc7c6c5)cc4C4C=CC=CC43)c2)c2ccc(-c3ccccc3)cc2)C1. The minimum Gasteiger partial charge on any atom is -0.333 e. The van der Waals surface area contributed by atoms with Crippen LogP contribution in [-0.4, -0.2) is 12.3 Å². The fourth-order valence-corrected chi connectivity index (χ4v) is 9.73. The lowest BCUT2D eigenvalue weighted by Gasteiger charge is -2.29. The maximum absolute atomic E-state index is 5.15. The number of nitrogens with zero attached hydrogens (tertiary/aromatic N) is 2. The van der Waals surface area contributed by atoms with E-state index < -0.39 is 0 Å². The average molecular weight is 742 g/mol. The van der Waals surface area contributed by atoms with Crippen LogP contribution in [0.2, 0.25) is 0 Å². The molecule has 7 aromatic rings. The summed E-state index contributed by atoms with van der Waals surface area (Å²) in [5.74, 6) is 0.806. The van der Waals surface area contributed by atoms with Crippen molar-refractivity contribution in [2.24, 2.45) is 10.9 Å². The Morgan fingerprint density at radius 2 is 1.46 bits per heavy atom. The fourth-order valence-electron chi connectivity index (χ4n) is 8.65. The number of allylic oxidation sites excluding steroid dienone is 6. The third kappa shape index (κ3) is 6.66. The van der Waals surface area contributed by atoms with Crippen LogP contribution in [0, 0.1) is 5.92 Å². The summed E-state index contributed by atoms with van der Waals surface area (Å²) < 4.78 is 2.68. The highest BCUT2D eigenvalue weighted by Crippen LogP contribution is 2.49. The van der Waals surface area contributed by atoms with Crippen molar-refractivity contribution >= 4 is 49.1 Å². The van der Waals surface area contributed by atoms with Crippen molar-refractivity contribution in [1.82, 2.24) is 5.32 Å². The molecule has 1 aliphatic heterocycles. The van der Waals surface area contributed by atoms with Gasteiger partial charge in [-0.15, -0.1) is 11.3 Å². The van der Waals surface area contributed by atoms with Gasteiger partial charge in [0, 0.05) is 50.2 Å². The van der Waals surface area contributed by atoms with E-state index in [9.17, 15) is 0 Å². The molecule has 1 aromatic heterocycles. The van der Waals surface area contributed by atoms with E-state index >= 15 is 0 Å². The molecule has 4 unspecified atom stereocenters. The molecule has 0 spiro atoms. The molecule has 3 nitrogen and oxygen atoms in total. The predicted octanol–water partition coefficient (Wildman–Crippen LogP) is 13.5. The number of hydrogen-bond donors (Lipinski definition) is 1. The molecule has 0 bridgehead atoms. The maximum Gasteiger partial charge on any atom is 0.125 e. The van der Waals surface area contributed by atoms with Gasteiger partial charge in [0.15, 0.2) is 0 Å². The van der Waals surface area contributed by atoms with Crippen molar-refractivity contribution in [3.63, 3.8) is 0 Å². The number of aliphatic imine (C=N–C) groups is 1. The molecule has 1 N–H and O–H groups in total. The van der Waals surface area contributed by atoms with Crippen molar-refractivity contribution in [3.05, 3.63) is 204 Å². The summed E-state index contributed by atoms with van der Waals surface area (Å²) in [4.78, 5) is 7.68. The molecule has 2 heterocycles. The molecular weight excluding hydrogens is 699 g/mol. The standard InChI is InChI=1S/C52H43N3S/c1-35-11-9-12-36(29-35)33-53-52(40-23-21-39(22-24-40)38-14-3-2-4-15-38)54-34-37-13-10-16-43(30-37)55-48-19-7-5-17-44(48)46-31-41(25-27-49(46)55)42-26-28-51-47(32-42)45-18-6-8-20-50(45)56-51/h2-28,30-33,35,44,48,52,54H,29,34H2,1H3/b53-33+. The molecule has 4 heteroatoms. The summed E-state index contributed by atoms with van der Waals surface area (Å²) >= 11 is 1.87. The largest absolute Gasteiger partial charge is 0.333 e. The van der Waals surface area contributed by atoms with Gasteiger partial charge in [-0.1, -0.05) is 147 Å². The van der Waals surface area contributed by atoms with Gasteiger partial charge >= 0.3 is 0 Å². The van der Waals surface area contributed by atoms with Crippen molar-refractivity contribution in [2.45, 2.75) is 38.0 Å². The number of benzene rings is 6. The Kier molecular flexibility index (Phi) is 9.14. The van der Waals surface area contributed by atoms with Crippen LogP contribution in [0.4, 0.5) is 11.4 Å². The van der Waals surface area contributed by atoms with Crippen molar-refractivity contribution in [2.75, 3.05) is 4.90 Å². The summed E-state index contributed by atoms with van der Waals surface area (Å²) in [5.41, 5.74) is 12.4. The zero-order chi connectivity index (χ0) is 37.4. The van der Waals surface area contributed by atoms with E-state index in [0.717, 1.165) is 12.0 Å². The molecule has 272 valence electrons. The Morgan fingerprint density at radius 1 is 0.696 bits per heavy atom. The summed E-state index contributed by atoms with van der Waals surface area (Å²) in [7, 11) is 0. The number of hydrogen-bond acceptors (Lipinski definition) is 4. The van der Waals surface area contributed by atoms with Gasteiger partial charge in [0.1, 0.15) is 6.17 Å². The number of anilines is 2. The van der Waals surface area contributed by atoms with E-state index in [0.29, 0.717) is 12.5 Å². The number of fused-ring (bicyclic) bond motifs is 6. The third-order valence-corrected chi connectivity index (χ3v) is 12.6. The second-order valence-electron chi connectivity index (χ2n) is 15.3. The topological polar surface area (TPSA) is 27.6 Å². The molecule has 0 radical (unpaired) electrons. The third-order valence-electron chi connectivity index (χ3n) is 11.5. The minimum atomic E-state index is -0.182. The zero-order valence-electron chi connectivity index (χ0n) is 31.4. The van der Waals surface area contributed by atoms with E-state index in [1.165, 1.54) is 70.5 Å². The Labute approximate surface area is 333 Å². The highest BCUT2D eigenvalue weighted by Gasteiger charge is 2.37. The quantitative estimate of drug-likeness (QED) is 0.149. The van der Waals surface area contributed by atoms with Gasteiger partial charge < -0.3 is 4.90 Å². The van der Waals surface area contributed by atoms with Gasteiger partial charge in [-0.3, -0.25) is 10.3 Å². The van der Waals surface area contributed by atoms with Crippen LogP contribution in [0.1, 0.15) is 42.1 Å². The maximum atomic E-state index is 5.15. The molecule has 4 atom stereocenters. The molecule has 10 rings (SSSR count). The van der Waals surface area contributed by atoms with Gasteiger partial charge in [-0.05, 0) is 99.3 Å². The van der Waals surface area contributed by atoms with Gasteiger partial charge in [0.2, 0.25) is 0 Å². The van der Waals surface area contributed by atoms with Gasteiger partial charge in [-0.2, -0.15) is 0 Å². The van der Waals surface area contributed by atoms with E-state index in [-0.39, 0.29) is 18.1 Å². The molecular formula is C52H43N3S. The highest BCUT2D eigenvalue weighted by molar-refractivity contribution is 7.25. The molecule has 0 saturated carbocycles. The van der Waals surface area contributed by atoms with E-state index in [4.69, 9.17) is 4.99 Å². The second-order valence-corrected chi connectivity index (χ2v) is 16.4. The molecule has 56 heavy (non-hydrogen) atoms. The van der Waals surface area contributed by atoms with Crippen LogP contribution >= 0.6 is 11.3 Å². The molecule has 2 aliphatic carbocycles. The van der Waals surface area contributed by atoms with Crippen molar-refractivity contribution < 1.29 is 0 Å². The van der Waals surface area contributed by atoms with Gasteiger partial charge in [-0.25, -0.2) is 0 Å². The first-order valence-electron chi connectivity index (χ1n) is 19.7. The first-order valence-corrected chi connectivity index (χ1v) is 20.5. The predicted molar refractivity (Wildman–Crippen MR) is 239 cm³/mol. The van der Waals surface area contributed by atoms with Crippen molar-refractivity contribution in [1.29, 1.82) is 0 Å². The first kappa shape index (κ1) is 34.4. The lowest BCUT2D eigenvalue weighted by molar-refractivity contribution is 0.556. The summed E-state index contributed by atoms with van der Waals surface area (Å²) in [6, 6.07) is 51.4. The molecule has 6 aromatic carbocycles. The minimum absolute atomic E-state index is 0.182. The first-order chi connectivity index (χ1) is 27.6. The van der Waals surface area contributed by atoms with E-state index in [2.05, 4.69) is 205 Å². The van der Waals surface area contributed by atoms with Crippen molar-refractivity contribution in [3.8, 4) is 22.3 Å². The molecule has 0 saturated heterocycles. The van der Waals surface area contributed by atoms with Crippen LogP contribution in [0.5, 0.6) is 0 Å². The monoisotopic (exact) mass is 741 g/mol. The lowest BCUT2D eigenvalue weighted by atomic mass is 9.89. The summed E-state index contributed by atoms with van der Waals surface area (Å²) in [6.45, 7) is 2.95. The smallest absolute Gasteiger partial charge is 0.125 e. The van der Waals surface area contributed by atoms with Gasteiger partial charge in [0.25, 0.3) is 0 Å². The zero-order valence-corrected chi connectivity index (χ0v) is 32.2. The number of nitrogens with one attached hydrogen (secondary N) is 1. The van der Waals surface area contributed by atoms with Crippen LogP contribution in [0.3, 0.4) is 0 Å². The van der Waals surface area contributed by atoms with Gasteiger partial charge in [0.05, 0.1) is 6.04 Å². The van der Waals surface area contributed by atoms with Crippen LogP contribution < -0.4 is 10.2 Å². The molecule has 3 aliphatic rings. The van der Waals surface area contributed by atoms with E-state index in [1.807, 2.05) is 11.3 Å². The van der Waals surface area contributed by atoms with Crippen LogP contribution in [-0.2, 0) is 6.54 Å². The summed E-state index contributed by atoms with van der Waals surface area (Å²) in [5, 5.41) is 6.49. The average Bonchev–Trinajstić information content (AvgIpc) is 3.79. The van der Waals surface area contributed by atoms with E-state index in [1.54, 1.807) is 0 Å². The normalized spacial score (nSPS) is 19.1. The summed E-state index contributed by atoms with van der Waals surface area (Å²) in [6.07, 6.45) is 18.6. The Hall–Kier alpha value is -6.07. The lowest BCUT2D eigenvalue weighted by Crippen LogP contribution is -2.28. The fraction of sp³-hybridized carbons (Fsp3) is 0.135.